The van der Waals surface area contributed by atoms with Gasteiger partial charge in [0, 0.05) is 19.6 Å². The molecule has 0 aliphatic carbocycles. The molecule has 0 spiro atoms. The second kappa shape index (κ2) is 6.01. The Kier molecular flexibility index (Phi) is 4.36. The van der Waals surface area contributed by atoms with Gasteiger partial charge in [-0.2, -0.15) is 0 Å². The molecule has 2 heterocycles. The highest BCUT2D eigenvalue weighted by Crippen LogP contribution is 2.21. The van der Waals surface area contributed by atoms with Crippen LogP contribution in [0, 0.1) is 10.1 Å². The van der Waals surface area contributed by atoms with E-state index in [9.17, 15) is 10.1 Å². The zero-order chi connectivity index (χ0) is 13.8. The molecule has 106 valence electrons. The molecule has 1 unspecified atom stereocenters. The van der Waals surface area contributed by atoms with Gasteiger partial charge in [0.2, 0.25) is 12.1 Å². The Morgan fingerprint density at radius 1 is 1.47 bits per heavy atom. The second-order valence-corrected chi connectivity index (χ2v) is 5.11. The molecule has 1 aromatic rings. The summed E-state index contributed by atoms with van der Waals surface area (Å²) >= 11 is 0. The van der Waals surface area contributed by atoms with Crippen molar-refractivity contribution in [3.8, 4) is 0 Å². The van der Waals surface area contributed by atoms with Gasteiger partial charge in [0.25, 0.3) is 0 Å². The molecule has 1 saturated heterocycles. The van der Waals surface area contributed by atoms with Gasteiger partial charge in [0.1, 0.15) is 0 Å². The Balaban J connectivity index is 1.94. The van der Waals surface area contributed by atoms with Gasteiger partial charge < -0.3 is 15.4 Å². The Bertz CT molecular complexity index is 439. The highest BCUT2D eigenvalue weighted by molar-refractivity contribution is 5.52. The van der Waals surface area contributed by atoms with Crippen molar-refractivity contribution in [3.63, 3.8) is 0 Å². The molecular weight excluding hydrogens is 246 g/mol. The molecule has 7 nitrogen and oxygen atoms in total. The predicted molar refractivity (Wildman–Crippen MR) is 73.2 cm³/mol. The van der Waals surface area contributed by atoms with Crippen molar-refractivity contribution < 1.29 is 4.92 Å². The lowest BCUT2D eigenvalue weighted by molar-refractivity contribution is -0.388. The minimum atomic E-state index is -0.451. The van der Waals surface area contributed by atoms with Gasteiger partial charge in [-0.15, -0.1) is 0 Å². The summed E-state index contributed by atoms with van der Waals surface area (Å²) in [5.74, 6) is 0.377. The average molecular weight is 267 g/mol. The first-order valence-electron chi connectivity index (χ1n) is 6.73. The maximum Gasteiger partial charge on any atom is 0.406 e. The van der Waals surface area contributed by atoms with Crippen molar-refractivity contribution in [3.05, 3.63) is 16.4 Å². The fourth-order valence-electron chi connectivity index (χ4n) is 2.49. The van der Waals surface area contributed by atoms with E-state index in [1.54, 1.807) is 11.6 Å². The van der Waals surface area contributed by atoms with Crippen molar-refractivity contribution in [2.75, 3.05) is 25.0 Å². The molecule has 2 rings (SSSR count). The van der Waals surface area contributed by atoms with E-state index < -0.39 is 4.92 Å². The van der Waals surface area contributed by atoms with E-state index in [2.05, 4.69) is 22.1 Å². The van der Waals surface area contributed by atoms with Crippen LogP contribution in [0.1, 0.15) is 26.2 Å². The average Bonchev–Trinajstić information content (AvgIpc) is 2.78. The number of piperidine rings is 1. The van der Waals surface area contributed by atoms with E-state index in [1.165, 1.54) is 25.6 Å². The zero-order valence-electron chi connectivity index (χ0n) is 11.5. The molecule has 1 aliphatic heterocycles. The lowest BCUT2D eigenvalue weighted by Gasteiger charge is -2.32. The van der Waals surface area contributed by atoms with Crippen molar-refractivity contribution >= 4 is 11.6 Å². The smallest absolute Gasteiger partial charge is 0.363 e. The van der Waals surface area contributed by atoms with Crippen LogP contribution < -0.4 is 5.32 Å². The maximum absolute atomic E-state index is 10.9. The van der Waals surface area contributed by atoms with Gasteiger partial charge in [0.05, 0.1) is 0 Å². The van der Waals surface area contributed by atoms with E-state index in [-0.39, 0.29) is 5.82 Å². The summed E-state index contributed by atoms with van der Waals surface area (Å²) in [7, 11) is 1.76. The normalized spacial score (nSPS) is 18.2. The summed E-state index contributed by atoms with van der Waals surface area (Å²) < 4.78 is 1.65. The Hall–Kier alpha value is -1.63. The van der Waals surface area contributed by atoms with Crippen molar-refractivity contribution in [2.45, 2.75) is 32.2 Å². The van der Waals surface area contributed by atoms with Gasteiger partial charge in [0.15, 0.2) is 0 Å². The first-order chi connectivity index (χ1) is 9.09. The molecule has 0 aromatic carbocycles. The van der Waals surface area contributed by atoms with E-state index in [0.29, 0.717) is 18.4 Å². The molecule has 1 atom stereocenters. The first-order valence-corrected chi connectivity index (χ1v) is 6.73. The molecule has 19 heavy (non-hydrogen) atoms. The van der Waals surface area contributed by atoms with Gasteiger partial charge in [-0.05, 0) is 42.8 Å². The first kappa shape index (κ1) is 13.8. The molecular formula is C12H21N5O2. The van der Waals surface area contributed by atoms with Crippen LogP contribution in [0.3, 0.4) is 0 Å². The van der Waals surface area contributed by atoms with Crippen LogP contribution in [0.4, 0.5) is 11.6 Å². The highest BCUT2D eigenvalue weighted by Gasteiger charge is 2.22. The van der Waals surface area contributed by atoms with Gasteiger partial charge in [-0.3, -0.25) is 9.47 Å². The van der Waals surface area contributed by atoms with E-state index >= 15 is 0 Å². The number of hydrogen-bond acceptors (Lipinski definition) is 5. The van der Waals surface area contributed by atoms with Crippen LogP contribution in [0.25, 0.3) is 0 Å². The number of hydrogen-bond donors (Lipinski definition) is 1. The predicted octanol–water partition coefficient (Wildman–Crippen LogP) is 1.61. The Labute approximate surface area is 112 Å². The third-order valence-electron chi connectivity index (χ3n) is 3.67. The summed E-state index contributed by atoms with van der Waals surface area (Å²) in [5.41, 5.74) is 0. The number of imidazole rings is 1. The number of nitrogens with one attached hydrogen (secondary N) is 1. The molecule has 1 fully saturated rings. The molecule has 1 N–H and O–H groups in total. The zero-order valence-corrected chi connectivity index (χ0v) is 11.5. The SMILES string of the molecule is CC(CNc1c([N+](=O)[O-])ncn1C)N1CCCCC1. The number of rotatable bonds is 5. The van der Waals surface area contributed by atoms with Crippen molar-refractivity contribution in [1.82, 2.24) is 14.5 Å². The largest absolute Gasteiger partial charge is 0.406 e. The molecule has 7 heteroatoms. The number of aromatic nitrogens is 2. The molecule has 1 aliphatic rings. The third kappa shape index (κ3) is 3.23. The summed E-state index contributed by atoms with van der Waals surface area (Å²) in [4.78, 5) is 16.6. The Morgan fingerprint density at radius 3 is 2.79 bits per heavy atom. The second-order valence-electron chi connectivity index (χ2n) is 5.11. The number of aryl methyl sites for hydroxylation is 1. The minimum absolute atomic E-state index is 0.103. The highest BCUT2D eigenvalue weighted by atomic mass is 16.6. The van der Waals surface area contributed by atoms with Crippen molar-refractivity contribution in [2.24, 2.45) is 7.05 Å². The van der Waals surface area contributed by atoms with E-state index in [0.717, 1.165) is 13.1 Å². The number of nitrogens with zero attached hydrogens (tertiary/aromatic N) is 4. The minimum Gasteiger partial charge on any atom is -0.363 e. The van der Waals surface area contributed by atoms with Gasteiger partial charge >= 0.3 is 5.82 Å². The van der Waals surface area contributed by atoms with E-state index in [1.807, 2.05) is 0 Å². The topological polar surface area (TPSA) is 76.2 Å². The Morgan fingerprint density at radius 2 is 2.16 bits per heavy atom. The molecule has 0 bridgehead atoms. The van der Waals surface area contributed by atoms with Crippen LogP contribution >= 0.6 is 0 Å². The molecule has 1 aromatic heterocycles. The van der Waals surface area contributed by atoms with Crippen LogP contribution in [-0.2, 0) is 7.05 Å². The summed E-state index contributed by atoms with van der Waals surface area (Å²) in [6, 6.07) is 0.370. The third-order valence-corrected chi connectivity index (χ3v) is 3.67. The van der Waals surface area contributed by atoms with Crippen molar-refractivity contribution in [1.29, 1.82) is 0 Å². The van der Waals surface area contributed by atoms with Crippen LogP contribution in [0.2, 0.25) is 0 Å². The fraction of sp³-hybridized carbons (Fsp3) is 0.750. The number of likely N-dealkylation sites (tertiary alicyclic amines) is 1. The van der Waals surface area contributed by atoms with E-state index in [4.69, 9.17) is 0 Å². The molecule has 0 radical (unpaired) electrons. The fourth-order valence-corrected chi connectivity index (χ4v) is 2.49. The summed E-state index contributed by atoms with van der Waals surface area (Å²) in [6.07, 6.45) is 5.27. The maximum atomic E-state index is 10.9. The number of anilines is 1. The van der Waals surface area contributed by atoms with Gasteiger partial charge in [-0.1, -0.05) is 6.42 Å². The summed E-state index contributed by atoms with van der Waals surface area (Å²) in [6.45, 7) is 5.09. The van der Waals surface area contributed by atoms with Gasteiger partial charge in [-0.25, -0.2) is 0 Å². The lowest BCUT2D eigenvalue weighted by atomic mass is 10.1. The van der Waals surface area contributed by atoms with Crippen LogP contribution in [-0.4, -0.2) is 45.1 Å². The number of nitro groups is 1. The molecule has 0 amide bonds. The molecule has 0 saturated carbocycles. The van der Waals surface area contributed by atoms with Crippen LogP contribution in [0.15, 0.2) is 6.33 Å². The monoisotopic (exact) mass is 267 g/mol. The standard InChI is InChI=1S/C12H21N5O2/c1-10(16-6-4-3-5-7-16)8-13-11-12(17(18)19)14-9-15(11)2/h9-10,13H,3-8H2,1-2H3. The summed E-state index contributed by atoms with van der Waals surface area (Å²) in [5, 5.41) is 14.0. The quantitative estimate of drug-likeness (QED) is 0.648. The van der Waals surface area contributed by atoms with Crippen LogP contribution in [0.5, 0.6) is 0 Å². The lowest BCUT2D eigenvalue weighted by Crippen LogP contribution is -2.41.